The second-order valence-corrected chi connectivity index (χ2v) is 7.24. The number of ketones is 1. The van der Waals surface area contributed by atoms with Gasteiger partial charge in [0.05, 0.1) is 12.7 Å². The van der Waals surface area contributed by atoms with Crippen molar-refractivity contribution in [3.05, 3.63) is 93.2 Å². The summed E-state index contributed by atoms with van der Waals surface area (Å²) in [6, 6.07) is 17.8. The summed E-state index contributed by atoms with van der Waals surface area (Å²) in [4.78, 5) is 12.6. The van der Waals surface area contributed by atoms with Gasteiger partial charge in [0.25, 0.3) is 0 Å². The lowest BCUT2D eigenvalue weighted by atomic mass is 10.1. The highest BCUT2D eigenvalue weighted by molar-refractivity contribution is 6.35. The summed E-state index contributed by atoms with van der Waals surface area (Å²) in [6.07, 6.45) is 1.61. The van der Waals surface area contributed by atoms with E-state index in [2.05, 4.69) is 0 Å². The number of rotatable bonds is 5. The van der Waals surface area contributed by atoms with Gasteiger partial charge < -0.3 is 14.2 Å². The van der Waals surface area contributed by atoms with Gasteiger partial charge in [0.15, 0.2) is 5.76 Å². The second-order valence-electron chi connectivity index (χ2n) is 6.40. The summed E-state index contributed by atoms with van der Waals surface area (Å²) in [5, 5.41) is 0.971. The number of carbonyl (C=O) groups excluding carboxylic acids is 1. The zero-order chi connectivity index (χ0) is 20.4. The first kappa shape index (κ1) is 19.4. The highest BCUT2D eigenvalue weighted by Gasteiger charge is 2.28. The summed E-state index contributed by atoms with van der Waals surface area (Å²) in [7, 11) is 1.63. The Labute approximate surface area is 178 Å². The Bertz CT molecular complexity index is 1100. The van der Waals surface area contributed by atoms with E-state index in [1.54, 1.807) is 49.6 Å². The molecule has 1 aliphatic heterocycles. The van der Waals surface area contributed by atoms with Crippen LogP contribution in [0.2, 0.25) is 10.0 Å². The molecule has 0 aromatic heterocycles. The van der Waals surface area contributed by atoms with Gasteiger partial charge in [0.2, 0.25) is 5.78 Å². The van der Waals surface area contributed by atoms with E-state index in [4.69, 9.17) is 37.4 Å². The summed E-state index contributed by atoms with van der Waals surface area (Å²) in [6.45, 7) is 0.389. The summed E-state index contributed by atoms with van der Waals surface area (Å²) in [5.74, 6) is 1.86. The van der Waals surface area contributed by atoms with E-state index < -0.39 is 0 Å². The van der Waals surface area contributed by atoms with Crippen LogP contribution in [0.1, 0.15) is 21.5 Å². The third kappa shape index (κ3) is 4.24. The van der Waals surface area contributed by atoms with Crippen molar-refractivity contribution in [2.75, 3.05) is 7.11 Å². The number of carbonyl (C=O) groups is 1. The van der Waals surface area contributed by atoms with Gasteiger partial charge in [0.1, 0.15) is 23.9 Å². The zero-order valence-electron chi connectivity index (χ0n) is 15.4. The number of halogens is 2. The minimum Gasteiger partial charge on any atom is -0.497 e. The van der Waals surface area contributed by atoms with Crippen LogP contribution in [-0.4, -0.2) is 12.9 Å². The molecular formula is C23H16Cl2O4. The van der Waals surface area contributed by atoms with Crippen molar-refractivity contribution >= 4 is 35.1 Å². The standard InChI is InChI=1S/C23H16Cl2O4/c1-27-17-6-2-14(3-7-17)13-28-18-8-9-19-21(12-18)29-22(23(19)26)10-15-4-5-16(24)11-20(15)25/h2-12H,13H2,1H3/b22-10-. The Kier molecular flexibility index (Phi) is 5.47. The van der Waals surface area contributed by atoms with Gasteiger partial charge in [-0.3, -0.25) is 4.79 Å². The average molecular weight is 427 g/mol. The molecule has 146 valence electrons. The molecule has 0 radical (unpaired) electrons. The molecule has 0 saturated carbocycles. The molecule has 3 aromatic rings. The molecule has 4 rings (SSSR count). The van der Waals surface area contributed by atoms with E-state index in [1.165, 1.54) is 0 Å². The van der Waals surface area contributed by atoms with Gasteiger partial charge in [-0.2, -0.15) is 0 Å². The van der Waals surface area contributed by atoms with Crippen LogP contribution in [0.3, 0.4) is 0 Å². The highest BCUT2D eigenvalue weighted by Crippen LogP contribution is 2.36. The topological polar surface area (TPSA) is 44.8 Å². The number of Topliss-reactive ketones (excluding diaryl/α,β-unsaturated/α-hetero) is 1. The van der Waals surface area contributed by atoms with E-state index in [0.29, 0.717) is 39.3 Å². The van der Waals surface area contributed by atoms with Crippen LogP contribution in [0.15, 0.2) is 66.4 Å². The second kappa shape index (κ2) is 8.19. The Morgan fingerprint density at radius 2 is 1.72 bits per heavy atom. The molecule has 0 aliphatic carbocycles. The summed E-state index contributed by atoms with van der Waals surface area (Å²) >= 11 is 12.1. The van der Waals surface area contributed by atoms with Crippen LogP contribution >= 0.6 is 23.2 Å². The number of hydrogen-bond donors (Lipinski definition) is 0. The van der Waals surface area contributed by atoms with Gasteiger partial charge in [-0.1, -0.05) is 41.4 Å². The number of fused-ring (bicyclic) bond motifs is 1. The summed E-state index contributed by atoms with van der Waals surface area (Å²) < 4.78 is 16.7. The SMILES string of the molecule is COc1ccc(COc2ccc3c(c2)O/C(=C\c2ccc(Cl)cc2Cl)C3=O)cc1. The largest absolute Gasteiger partial charge is 0.497 e. The van der Waals surface area contributed by atoms with Crippen LogP contribution in [0, 0.1) is 0 Å². The smallest absolute Gasteiger partial charge is 0.231 e. The first-order chi connectivity index (χ1) is 14.0. The Hall–Kier alpha value is -2.95. The molecule has 0 unspecified atom stereocenters. The van der Waals surface area contributed by atoms with Crippen LogP contribution < -0.4 is 14.2 Å². The first-order valence-corrected chi connectivity index (χ1v) is 9.58. The van der Waals surface area contributed by atoms with E-state index >= 15 is 0 Å². The minimum absolute atomic E-state index is 0.201. The van der Waals surface area contributed by atoms with E-state index in [0.717, 1.165) is 11.3 Å². The molecular weight excluding hydrogens is 411 g/mol. The van der Waals surface area contributed by atoms with Crippen molar-refractivity contribution in [3.8, 4) is 17.2 Å². The number of benzene rings is 3. The molecule has 3 aromatic carbocycles. The molecule has 4 nitrogen and oxygen atoms in total. The molecule has 0 bridgehead atoms. The van der Waals surface area contributed by atoms with Crippen molar-refractivity contribution in [1.29, 1.82) is 0 Å². The number of hydrogen-bond acceptors (Lipinski definition) is 4. The average Bonchev–Trinajstić information content (AvgIpc) is 3.03. The highest BCUT2D eigenvalue weighted by atomic mass is 35.5. The maximum absolute atomic E-state index is 12.6. The van der Waals surface area contributed by atoms with Gasteiger partial charge in [-0.15, -0.1) is 0 Å². The third-order valence-electron chi connectivity index (χ3n) is 4.46. The maximum atomic E-state index is 12.6. The van der Waals surface area contributed by atoms with E-state index in [1.807, 2.05) is 24.3 Å². The zero-order valence-corrected chi connectivity index (χ0v) is 17.0. The lowest BCUT2D eigenvalue weighted by Crippen LogP contribution is -1.98. The van der Waals surface area contributed by atoms with E-state index in [9.17, 15) is 4.79 Å². The van der Waals surface area contributed by atoms with Crippen molar-refractivity contribution in [3.63, 3.8) is 0 Å². The van der Waals surface area contributed by atoms with Crippen molar-refractivity contribution in [1.82, 2.24) is 0 Å². The normalized spacial score (nSPS) is 13.9. The number of allylic oxidation sites excluding steroid dienone is 1. The van der Waals surface area contributed by atoms with Gasteiger partial charge in [-0.05, 0) is 53.6 Å². The molecule has 6 heteroatoms. The molecule has 1 heterocycles. The van der Waals surface area contributed by atoms with Crippen LogP contribution in [-0.2, 0) is 6.61 Å². The van der Waals surface area contributed by atoms with Gasteiger partial charge in [-0.25, -0.2) is 0 Å². The molecule has 1 aliphatic rings. The molecule has 0 N–H and O–H groups in total. The number of ether oxygens (including phenoxy) is 3. The van der Waals surface area contributed by atoms with Gasteiger partial charge in [0, 0.05) is 16.1 Å². The van der Waals surface area contributed by atoms with Crippen molar-refractivity contribution in [2.24, 2.45) is 0 Å². The fourth-order valence-electron chi connectivity index (χ4n) is 2.91. The van der Waals surface area contributed by atoms with Crippen molar-refractivity contribution in [2.45, 2.75) is 6.61 Å². The monoisotopic (exact) mass is 426 g/mol. The molecule has 0 saturated heterocycles. The van der Waals surface area contributed by atoms with Crippen LogP contribution in [0.5, 0.6) is 17.2 Å². The Balaban J connectivity index is 1.50. The molecule has 29 heavy (non-hydrogen) atoms. The fraction of sp³-hybridized carbons (Fsp3) is 0.0870. The predicted molar refractivity (Wildman–Crippen MR) is 113 cm³/mol. The Morgan fingerprint density at radius 1 is 0.966 bits per heavy atom. The molecule has 0 amide bonds. The lowest BCUT2D eigenvalue weighted by Gasteiger charge is -2.08. The fourth-order valence-corrected chi connectivity index (χ4v) is 3.37. The minimum atomic E-state index is -0.201. The van der Waals surface area contributed by atoms with E-state index in [-0.39, 0.29) is 11.5 Å². The predicted octanol–water partition coefficient (Wildman–Crippen LogP) is 6.20. The van der Waals surface area contributed by atoms with Crippen LogP contribution in [0.25, 0.3) is 6.08 Å². The molecule has 0 fully saturated rings. The van der Waals surface area contributed by atoms with Crippen molar-refractivity contribution < 1.29 is 19.0 Å². The first-order valence-electron chi connectivity index (χ1n) is 8.82. The summed E-state index contributed by atoms with van der Waals surface area (Å²) in [5.41, 5.74) is 2.14. The quantitative estimate of drug-likeness (QED) is 0.455. The maximum Gasteiger partial charge on any atom is 0.231 e. The number of methoxy groups -OCH3 is 1. The van der Waals surface area contributed by atoms with Crippen LogP contribution in [0.4, 0.5) is 0 Å². The Morgan fingerprint density at radius 3 is 2.45 bits per heavy atom. The third-order valence-corrected chi connectivity index (χ3v) is 5.02. The molecule has 0 atom stereocenters. The molecule has 0 spiro atoms. The van der Waals surface area contributed by atoms with Gasteiger partial charge >= 0.3 is 0 Å². The lowest BCUT2D eigenvalue weighted by molar-refractivity contribution is 0.101.